The molecule has 0 fully saturated rings. The molecular weight excluding hydrogens is 228 g/mol. The maximum Gasteiger partial charge on any atom is 0.272 e. The number of aryl methyl sites for hydroxylation is 1. The number of aromatic nitrogens is 1. The smallest absolute Gasteiger partial charge is 0.272 e. The van der Waals surface area contributed by atoms with Gasteiger partial charge in [-0.3, -0.25) is 4.79 Å². The molecule has 4 heteroatoms. The minimum absolute atomic E-state index is 0.00519. The van der Waals surface area contributed by atoms with E-state index in [2.05, 4.69) is 5.32 Å². The van der Waals surface area contributed by atoms with E-state index in [1.165, 1.54) is 0 Å². The Kier molecular flexibility index (Phi) is 3.48. The van der Waals surface area contributed by atoms with E-state index >= 15 is 0 Å². The SMILES string of the molecule is Cc1ccc(C(=O)Nc2ccc(CO)cc2)n1C. The zero-order chi connectivity index (χ0) is 13.1. The van der Waals surface area contributed by atoms with Gasteiger partial charge in [0.2, 0.25) is 0 Å². The predicted octanol–water partition coefficient (Wildman–Crippen LogP) is 2.08. The summed E-state index contributed by atoms with van der Waals surface area (Å²) in [5.41, 5.74) is 3.20. The first-order chi connectivity index (χ1) is 8.61. The number of nitrogens with zero attached hydrogens (tertiary/aromatic N) is 1. The Bertz CT molecular complexity index is 556. The topological polar surface area (TPSA) is 54.3 Å². The Labute approximate surface area is 106 Å². The summed E-state index contributed by atoms with van der Waals surface area (Å²) < 4.78 is 1.84. The highest BCUT2D eigenvalue weighted by molar-refractivity contribution is 6.03. The van der Waals surface area contributed by atoms with Crippen LogP contribution in [0.2, 0.25) is 0 Å². The van der Waals surface area contributed by atoms with Crippen molar-refractivity contribution in [2.45, 2.75) is 13.5 Å². The van der Waals surface area contributed by atoms with Gasteiger partial charge in [-0.25, -0.2) is 0 Å². The van der Waals surface area contributed by atoms with Gasteiger partial charge in [-0.05, 0) is 36.8 Å². The molecule has 0 aliphatic heterocycles. The molecule has 0 aliphatic carbocycles. The molecule has 1 aromatic carbocycles. The lowest BCUT2D eigenvalue weighted by Crippen LogP contribution is -2.15. The number of carbonyl (C=O) groups excluding carboxylic acids is 1. The maximum absolute atomic E-state index is 12.0. The second-order valence-electron chi connectivity index (χ2n) is 4.23. The molecule has 1 aromatic heterocycles. The van der Waals surface area contributed by atoms with Gasteiger partial charge >= 0.3 is 0 Å². The molecular formula is C14H16N2O2. The molecule has 0 bridgehead atoms. The molecule has 2 N–H and O–H groups in total. The van der Waals surface area contributed by atoms with Crippen molar-refractivity contribution in [3.05, 3.63) is 53.3 Å². The monoisotopic (exact) mass is 244 g/mol. The van der Waals surface area contributed by atoms with Gasteiger partial charge in [-0.15, -0.1) is 0 Å². The summed E-state index contributed by atoms with van der Waals surface area (Å²) in [5, 5.41) is 11.8. The van der Waals surface area contributed by atoms with Crippen molar-refractivity contribution in [1.29, 1.82) is 0 Å². The van der Waals surface area contributed by atoms with E-state index in [1.807, 2.05) is 24.6 Å². The van der Waals surface area contributed by atoms with Crippen LogP contribution >= 0.6 is 0 Å². The number of aliphatic hydroxyl groups excluding tert-OH is 1. The average molecular weight is 244 g/mol. The maximum atomic E-state index is 12.0. The van der Waals surface area contributed by atoms with E-state index in [1.54, 1.807) is 30.3 Å². The zero-order valence-corrected chi connectivity index (χ0v) is 10.5. The number of anilines is 1. The first-order valence-electron chi connectivity index (χ1n) is 5.75. The van der Waals surface area contributed by atoms with E-state index in [0.717, 1.165) is 16.9 Å². The van der Waals surface area contributed by atoms with Crippen LogP contribution in [0.5, 0.6) is 0 Å². The summed E-state index contributed by atoms with van der Waals surface area (Å²) in [6.07, 6.45) is 0. The van der Waals surface area contributed by atoms with Crippen molar-refractivity contribution in [2.24, 2.45) is 7.05 Å². The van der Waals surface area contributed by atoms with Gasteiger partial charge in [0.25, 0.3) is 5.91 Å². The number of amides is 1. The summed E-state index contributed by atoms with van der Waals surface area (Å²) in [6.45, 7) is 1.96. The van der Waals surface area contributed by atoms with Gasteiger partial charge in [-0.1, -0.05) is 12.1 Å². The fraction of sp³-hybridized carbons (Fsp3) is 0.214. The van der Waals surface area contributed by atoms with E-state index in [4.69, 9.17) is 5.11 Å². The lowest BCUT2D eigenvalue weighted by Gasteiger charge is -2.07. The van der Waals surface area contributed by atoms with Crippen molar-refractivity contribution in [2.75, 3.05) is 5.32 Å². The van der Waals surface area contributed by atoms with E-state index < -0.39 is 0 Å². The lowest BCUT2D eigenvalue weighted by atomic mass is 10.2. The Morgan fingerprint density at radius 1 is 1.22 bits per heavy atom. The van der Waals surface area contributed by atoms with Crippen LogP contribution < -0.4 is 5.32 Å². The lowest BCUT2D eigenvalue weighted by molar-refractivity contribution is 0.101. The molecule has 4 nitrogen and oxygen atoms in total. The van der Waals surface area contributed by atoms with Crippen LogP contribution in [-0.2, 0) is 13.7 Å². The first-order valence-corrected chi connectivity index (χ1v) is 5.75. The molecule has 1 amide bonds. The number of hydrogen-bond acceptors (Lipinski definition) is 2. The van der Waals surface area contributed by atoms with E-state index in [-0.39, 0.29) is 12.5 Å². The summed E-state index contributed by atoms with van der Waals surface area (Å²) in [7, 11) is 1.86. The van der Waals surface area contributed by atoms with Crippen molar-refractivity contribution in [3.63, 3.8) is 0 Å². The molecule has 0 spiro atoms. The highest BCUT2D eigenvalue weighted by atomic mass is 16.3. The number of carbonyl (C=O) groups is 1. The Hall–Kier alpha value is -2.07. The summed E-state index contributed by atoms with van der Waals surface area (Å²) in [5.74, 6) is -0.137. The standard InChI is InChI=1S/C14H16N2O2/c1-10-3-8-13(16(10)2)14(18)15-12-6-4-11(9-17)5-7-12/h3-8,17H,9H2,1-2H3,(H,15,18). The highest BCUT2D eigenvalue weighted by Gasteiger charge is 2.10. The van der Waals surface area contributed by atoms with Crippen molar-refractivity contribution in [1.82, 2.24) is 4.57 Å². The third-order valence-electron chi connectivity index (χ3n) is 3.00. The largest absolute Gasteiger partial charge is 0.392 e. The fourth-order valence-electron chi connectivity index (χ4n) is 1.73. The second kappa shape index (κ2) is 5.06. The van der Waals surface area contributed by atoms with Crippen LogP contribution in [-0.4, -0.2) is 15.6 Å². The molecule has 0 radical (unpaired) electrons. The Morgan fingerprint density at radius 2 is 1.89 bits per heavy atom. The quantitative estimate of drug-likeness (QED) is 0.868. The molecule has 18 heavy (non-hydrogen) atoms. The third-order valence-corrected chi connectivity index (χ3v) is 3.00. The average Bonchev–Trinajstić information content (AvgIpc) is 2.71. The summed E-state index contributed by atoms with van der Waals surface area (Å²) >= 11 is 0. The van der Waals surface area contributed by atoms with Gasteiger partial charge in [0, 0.05) is 18.4 Å². The van der Waals surface area contributed by atoms with Crippen molar-refractivity contribution in [3.8, 4) is 0 Å². The summed E-state index contributed by atoms with van der Waals surface area (Å²) in [6, 6.07) is 10.8. The van der Waals surface area contributed by atoms with Crippen LogP contribution in [0.25, 0.3) is 0 Å². The van der Waals surface area contributed by atoms with Gasteiger partial charge in [-0.2, -0.15) is 0 Å². The predicted molar refractivity (Wildman–Crippen MR) is 70.5 cm³/mol. The highest BCUT2D eigenvalue weighted by Crippen LogP contribution is 2.12. The molecule has 94 valence electrons. The minimum atomic E-state index is -0.137. The molecule has 0 atom stereocenters. The van der Waals surface area contributed by atoms with Gasteiger partial charge in [0.15, 0.2) is 0 Å². The molecule has 0 aliphatic rings. The fourth-order valence-corrected chi connectivity index (χ4v) is 1.73. The first kappa shape index (κ1) is 12.4. The Balaban J connectivity index is 2.13. The number of nitrogens with one attached hydrogen (secondary N) is 1. The Morgan fingerprint density at radius 3 is 2.39 bits per heavy atom. The van der Waals surface area contributed by atoms with Crippen LogP contribution in [0.4, 0.5) is 5.69 Å². The van der Waals surface area contributed by atoms with Crippen LogP contribution in [0, 0.1) is 6.92 Å². The summed E-state index contributed by atoms with van der Waals surface area (Å²) in [4.78, 5) is 12.0. The molecule has 2 aromatic rings. The van der Waals surface area contributed by atoms with Crippen LogP contribution in [0.15, 0.2) is 36.4 Å². The number of aliphatic hydroxyl groups is 1. The van der Waals surface area contributed by atoms with Crippen molar-refractivity contribution < 1.29 is 9.90 Å². The van der Waals surface area contributed by atoms with Gasteiger partial charge in [0.1, 0.15) is 5.69 Å². The number of hydrogen-bond donors (Lipinski definition) is 2. The molecule has 0 saturated heterocycles. The second-order valence-corrected chi connectivity index (χ2v) is 4.23. The zero-order valence-electron chi connectivity index (χ0n) is 10.5. The molecule has 2 rings (SSSR count). The molecule has 0 saturated carbocycles. The van der Waals surface area contributed by atoms with Crippen LogP contribution in [0.3, 0.4) is 0 Å². The number of rotatable bonds is 3. The third kappa shape index (κ3) is 2.43. The van der Waals surface area contributed by atoms with Gasteiger partial charge in [0.05, 0.1) is 6.61 Å². The van der Waals surface area contributed by atoms with Crippen LogP contribution in [0.1, 0.15) is 21.7 Å². The van der Waals surface area contributed by atoms with Gasteiger partial charge < -0.3 is 15.0 Å². The molecule has 0 unspecified atom stereocenters. The van der Waals surface area contributed by atoms with Crippen molar-refractivity contribution >= 4 is 11.6 Å². The minimum Gasteiger partial charge on any atom is -0.392 e. The molecule has 1 heterocycles. The van der Waals surface area contributed by atoms with E-state index in [0.29, 0.717) is 5.69 Å². The van der Waals surface area contributed by atoms with E-state index in [9.17, 15) is 4.79 Å². The normalized spacial score (nSPS) is 10.4. The number of benzene rings is 1.